The predicted octanol–water partition coefficient (Wildman–Crippen LogP) is 3.23. The minimum Gasteiger partial charge on any atom is -0.368 e. The van der Waals surface area contributed by atoms with Crippen LogP contribution in [-0.4, -0.2) is 23.8 Å². The number of hydrogen-bond acceptors (Lipinski definition) is 3. The van der Waals surface area contributed by atoms with Gasteiger partial charge in [0.1, 0.15) is 0 Å². The summed E-state index contributed by atoms with van der Waals surface area (Å²) in [6.45, 7) is 9.76. The first kappa shape index (κ1) is 13.1. The van der Waals surface area contributed by atoms with Crippen molar-refractivity contribution in [2.75, 3.05) is 6.54 Å². The fraction of sp³-hybridized carbons (Fsp3) is 0.714. The molecule has 0 aliphatic carbocycles. The summed E-state index contributed by atoms with van der Waals surface area (Å²) in [5.41, 5.74) is -0.0525. The molecule has 2 nitrogen and oxygen atoms in total. The molecule has 0 bridgehead atoms. The molecule has 0 aromatic carbocycles. The predicted molar refractivity (Wildman–Crippen MR) is 73.7 cm³/mol. The number of rotatable bonds is 4. The van der Waals surface area contributed by atoms with E-state index in [9.17, 15) is 0 Å². The number of ether oxygens (including phenoxy) is 1. The van der Waals surface area contributed by atoms with Gasteiger partial charge in [0.25, 0.3) is 0 Å². The van der Waals surface area contributed by atoms with Gasteiger partial charge in [-0.1, -0.05) is 6.07 Å². The molecule has 3 heteroatoms. The Labute approximate surface area is 108 Å². The Kier molecular flexibility index (Phi) is 3.62. The standard InChI is InChI=1S/C14H23NOS/c1-13(2)10-12(14(3,4)16-13)15-8-7-11-6-5-9-17-11/h5-6,9,12,15H,7-8,10H2,1-4H3. The zero-order valence-electron chi connectivity index (χ0n) is 11.2. The quantitative estimate of drug-likeness (QED) is 0.889. The maximum absolute atomic E-state index is 6.08. The van der Waals surface area contributed by atoms with E-state index < -0.39 is 0 Å². The monoisotopic (exact) mass is 253 g/mol. The number of thiophene rings is 1. The Morgan fingerprint density at radius 3 is 2.71 bits per heavy atom. The van der Waals surface area contributed by atoms with Gasteiger partial charge in [-0.3, -0.25) is 0 Å². The molecule has 1 aromatic rings. The highest BCUT2D eigenvalue weighted by Crippen LogP contribution is 2.37. The van der Waals surface area contributed by atoms with Gasteiger partial charge < -0.3 is 10.1 Å². The van der Waals surface area contributed by atoms with Gasteiger partial charge in [0.05, 0.1) is 11.2 Å². The van der Waals surface area contributed by atoms with E-state index >= 15 is 0 Å². The first-order valence-electron chi connectivity index (χ1n) is 6.35. The highest BCUT2D eigenvalue weighted by atomic mass is 32.1. The van der Waals surface area contributed by atoms with Crippen molar-refractivity contribution < 1.29 is 4.74 Å². The molecule has 2 rings (SSSR count). The fourth-order valence-electron chi connectivity index (χ4n) is 2.70. The zero-order chi connectivity index (χ0) is 12.5. The molecule has 1 fully saturated rings. The van der Waals surface area contributed by atoms with Gasteiger partial charge in [-0.25, -0.2) is 0 Å². The maximum atomic E-state index is 6.08. The van der Waals surface area contributed by atoms with Crippen molar-refractivity contribution in [3.8, 4) is 0 Å². The van der Waals surface area contributed by atoms with E-state index in [1.165, 1.54) is 4.88 Å². The summed E-state index contributed by atoms with van der Waals surface area (Å²) in [4.78, 5) is 1.45. The fourth-order valence-corrected chi connectivity index (χ4v) is 3.41. The van der Waals surface area contributed by atoms with Crippen LogP contribution in [0.25, 0.3) is 0 Å². The van der Waals surface area contributed by atoms with Crippen LogP contribution in [0.2, 0.25) is 0 Å². The molecule has 1 aliphatic rings. The molecular formula is C14H23NOS. The van der Waals surface area contributed by atoms with Crippen LogP contribution in [0, 0.1) is 0 Å². The third kappa shape index (κ3) is 3.30. The van der Waals surface area contributed by atoms with Crippen LogP contribution in [-0.2, 0) is 11.2 Å². The van der Waals surface area contributed by atoms with Gasteiger partial charge in [-0.05, 0) is 52.0 Å². The second-order valence-corrected chi connectivity index (χ2v) is 7.04. The molecule has 1 saturated heterocycles. The van der Waals surface area contributed by atoms with Gasteiger partial charge in [0.15, 0.2) is 0 Å². The summed E-state index contributed by atoms with van der Waals surface area (Å²) in [6.07, 6.45) is 2.20. The first-order valence-corrected chi connectivity index (χ1v) is 7.23. The highest BCUT2D eigenvalue weighted by Gasteiger charge is 2.45. The van der Waals surface area contributed by atoms with Crippen LogP contribution in [0.1, 0.15) is 39.0 Å². The zero-order valence-corrected chi connectivity index (χ0v) is 12.1. The van der Waals surface area contributed by atoms with Crippen molar-refractivity contribution in [3.63, 3.8) is 0 Å². The minimum atomic E-state index is -0.0566. The Balaban J connectivity index is 1.83. The van der Waals surface area contributed by atoms with Crippen LogP contribution in [0.5, 0.6) is 0 Å². The maximum Gasteiger partial charge on any atom is 0.0787 e. The molecule has 1 aliphatic heterocycles. The van der Waals surface area contributed by atoms with E-state index in [0.717, 1.165) is 19.4 Å². The second-order valence-electron chi connectivity index (χ2n) is 6.01. The number of nitrogens with one attached hydrogen (secondary N) is 1. The van der Waals surface area contributed by atoms with Crippen LogP contribution in [0.4, 0.5) is 0 Å². The molecule has 1 N–H and O–H groups in total. The summed E-state index contributed by atoms with van der Waals surface area (Å²) in [5, 5.41) is 5.79. The molecule has 1 aromatic heterocycles. The third-order valence-electron chi connectivity index (χ3n) is 3.42. The summed E-state index contributed by atoms with van der Waals surface area (Å²) >= 11 is 1.83. The molecule has 2 heterocycles. The summed E-state index contributed by atoms with van der Waals surface area (Å²) in [7, 11) is 0. The van der Waals surface area contributed by atoms with E-state index in [1.54, 1.807) is 0 Å². The molecule has 0 radical (unpaired) electrons. The van der Waals surface area contributed by atoms with Gasteiger partial charge >= 0.3 is 0 Å². The summed E-state index contributed by atoms with van der Waals surface area (Å²) < 4.78 is 6.08. The second kappa shape index (κ2) is 4.71. The van der Waals surface area contributed by atoms with Crippen molar-refractivity contribution in [1.29, 1.82) is 0 Å². The lowest BCUT2D eigenvalue weighted by Gasteiger charge is -2.27. The lowest BCUT2D eigenvalue weighted by Crippen LogP contribution is -2.44. The molecule has 0 amide bonds. The normalized spacial score (nSPS) is 26.2. The largest absolute Gasteiger partial charge is 0.368 e. The lowest BCUT2D eigenvalue weighted by atomic mass is 9.94. The van der Waals surface area contributed by atoms with Gasteiger partial charge in [0, 0.05) is 17.5 Å². The SMILES string of the molecule is CC1(C)CC(NCCc2cccs2)C(C)(C)O1. The smallest absolute Gasteiger partial charge is 0.0787 e. The van der Waals surface area contributed by atoms with Crippen LogP contribution < -0.4 is 5.32 Å². The first-order chi connectivity index (χ1) is 7.89. The summed E-state index contributed by atoms with van der Waals surface area (Å²) in [6, 6.07) is 4.77. The Bertz CT molecular complexity index is 356. The lowest BCUT2D eigenvalue weighted by molar-refractivity contribution is -0.0697. The van der Waals surface area contributed by atoms with E-state index in [4.69, 9.17) is 4.74 Å². The minimum absolute atomic E-state index is 0.00407. The average molecular weight is 253 g/mol. The number of hydrogen-bond donors (Lipinski definition) is 1. The summed E-state index contributed by atoms with van der Waals surface area (Å²) in [5.74, 6) is 0. The molecule has 17 heavy (non-hydrogen) atoms. The van der Waals surface area contributed by atoms with Gasteiger partial charge in [0.2, 0.25) is 0 Å². The van der Waals surface area contributed by atoms with Gasteiger partial charge in [-0.2, -0.15) is 0 Å². The topological polar surface area (TPSA) is 21.3 Å². The van der Waals surface area contributed by atoms with E-state index in [1.807, 2.05) is 11.3 Å². The molecule has 96 valence electrons. The van der Waals surface area contributed by atoms with Crippen molar-refractivity contribution in [2.45, 2.75) is 57.8 Å². The average Bonchev–Trinajstić information content (AvgIpc) is 2.72. The van der Waals surface area contributed by atoms with E-state index in [2.05, 4.69) is 50.5 Å². The Hall–Kier alpha value is -0.380. The molecular weight excluding hydrogens is 230 g/mol. The van der Waals surface area contributed by atoms with Crippen molar-refractivity contribution in [1.82, 2.24) is 5.32 Å². The van der Waals surface area contributed by atoms with Crippen LogP contribution >= 0.6 is 11.3 Å². The van der Waals surface area contributed by atoms with E-state index in [-0.39, 0.29) is 11.2 Å². The van der Waals surface area contributed by atoms with Crippen LogP contribution in [0.15, 0.2) is 17.5 Å². The Morgan fingerprint density at radius 2 is 2.18 bits per heavy atom. The molecule has 1 atom stereocenters. The van der Waals surface area contributed by atoms with Crippen molar-refractivity contribution >= 4 is 11.3 Å². The van der Waals surface area contributed by atoms with Crippen molar-refractivity contribution in [2.24, 2.45) is 0 Å². The molecule has 0 spiro atoms. The molecule has 1 unspecified atom stereocenters. The van der Waals surface area contributed by atoms with Crippen molar-refractivity contribution in [3.05, 3.63) is 22.4 Å². The molecule has 0 saturated carbocycles. The van der Waals surface area contributed by atoms with Crippen LogP contribution in [0.3, 0.4) is 0 Å². The van der Waals surface area contributed by atoms with Gasteiger partial charge in [-0.15, -0.1) is 11.3 Å². The van der Waals surface area contributed by atoms with E-state index in [0.29, 0.717) is 6.04 Å². The Morgan fingerprint density at radius 1 is 1.41 bits per heavy atom. The highest BCUT2D eigenvalue weighted by molar-refractivity contribution is 7.09. The third-order valence-corrected chi connectivity index (χ3v) is 4.35.